The smallest absolute Gasteiger partial charge is 0.309 e. The second-order valence-corrected chi connectivity index (χ2v) is 8.34. The standard InChI is InChI=1S/C24H26FN5O3/c1-14(2)22-19(9-8-18-12-17(31)13-21(32)33-18)23(15-4-6-16(25)7-5-15)28-24(27-22)26-20-10-11-30(3)29-20/h4-11,14,17-18,31H,12-13H2,1-3H3,(H,26,27,28,29)/t17-,18-/m1/s1. The van der Waals surface area contributed by atoms with Gasteiger partial charge in [0.05, 0.1) is 23.9 Å². The Kier molecular flexibility index (Phi) is 6.50. The third kappa shape index (κ3) is 5.43. The Hall–Kier alpha value is -3.59. The first-order chi connectivity index (χ1) is 15.8. The first kappa shape index (κ1) is 22.6. The van der Waals surface area contributed by atoms with Crippen LogP contribution in [0.2, 0.25) is 0 Å². The van der Waals surface area contributed by atoms with Gasteiger partial charge in [0.25, 0.3) is 0 Å². The molecule has 3 heterocycles. The molecule has 0 amide bonds. The van der Waals surface area contributed by atoms with Crippen LogP contribution >= 0.6 is 0 Å². The highest BCUT2D eigenvalue weighted by Crippen LogP contribution is 2.31. The maximum Gasteiger partial charge on any atom is 0.309 e. The summed E-state index contributed by atoms with van der Waals surface area (Å²) >= 11 is 0. The van der Waals surface area contributed by atoms with E-state index in [1.165, 1.54) is 12.1 Å². The lowest BCUT2D eigenvalue weighted by atomic mass is 9.97. The summed E-state index contributed by atoms with van der Waals surface area (Å²) in [5, 5.41) is 17.4. The molecule has 0 bridgehead atoms. The van der Waals surface area contributed by atoms with Gasteiger partial charge < -0.3 is 15.2 Å². The number of cyclic esters (lactones) is 1. The second kappa shape index (κ2) is 9.50. The van der Waals surface area contributed by atoms with Gasteiger partial charge in [-0.1, -0.05) is 19.9 Å². The van der Waals surface area contributed by atoms with E-state index in [4.69, 9.17) is 14.7 Å². The molecule has 2 N–H and O–H groups in total. The molecule has 33 heavy (non-hydrogen) atoms. The summed E-state index contributed by atoms with van der Waals surface area (Å²) in [6.07, 6.45) is 4.41. The number of carbonyl (C=O) groups excluding carboxylic acids is 1. The van der Waals surface area contributed by atoms with Crippen molar-refractivity contribution < 1.29 is 19.0 Å². The maximum atomic E-state index is 13.6. The van der Waals surface area contributed by atoms with Crippen LogP contribution in [0.4, 0.5) is 16.2 Å². The van der Waals surface area contributed by atoms with Crippen molar-refractivity contribution in [1.82, 2.24) is 19.7 Å². The molecule has 2 aromatic heterocycles. The molecule has 172 valence electrons. The molecular formula is C24H26FN5O3. The lowest BCUT2D eigenvalue weighted by Gasteiger charge is -2.23. The van der Waals surface area contributed by atoms with Crippen LogP contribution < -0.4 is 5.32 Å². The third-order valence-corrected chi connectivity index (χ3v) is 5.26. The number of aromatic nitrogens is 4. The van der Waals surface area contributed by atoms with Crippen molar-refractivity contribution in [3.05, 3.63) is 59.7 Å². The third-order valence-electron chi connectivity index (χ3n) is 5.26. The molecule has 1 saturated heterocycles. The van der Waals surface area contributed by atoms with Crippen LogP contribution in [0.1, 0.15) is 43.9 Å². The quantitative estimate of drug-likeness (QED) is 0.547. The van der Waals surface area contributed by atoms with Gasteiger partial charge >= 0.3 is 5.97 Å². The van der Waals surface area contributed by atoms with Crippen LogP contribution in [0.3, 0.4) is 0 Å². The van der Waals surface area contributed by atoms with Crippen LogP contribution in [-0.2, 0) is 16.6 Å². The molecule has 1 aromatic carbocycles. The normalized spacial score (nSPS) is 18.7. The van der Waals surface area contributed by atoms with Crippen molar-refractivity contribution >= 4 is 23.8 Å². The SMILES string of the molecule is CC(C)c1nc(Nc2ccn(C)n2)nc(-c2ccc(F)cc2)c1C=C[C@@H]1C[C@@H](O)CC(=O)O1. The Morgan fingerprint density at radius 2 is 2.00 bits per heavy atom. The zero-order valence-corrected chi connectivity index (χ0v) is 18.7. The number of rotatable bonds is 6. The summed E-state index contributed by atoms with van der Waals surface area (Å²) in [4.78, 5) is 21.2. The number of nitrogens with zero attached hydrogens (tertiary/aromatic N) is 4. The second-order valence-electron chi connectivity index (χ2n) is 8.34. The fraction of sp³-hybridized carbons (Fsp3) is 0.333. The predicted octanol–water partition coefficient (Wildman–Crippen LogP) is 3.96. The van der Waals surface area contributed by atoms with Crippen molar-refractivity contribution in [1.29, 1.82) is 0 Å². The maximum absolute atomic E-state index is 13.6. The Bertz CT molecular complexity index is 1170. The van der Waals surface area contributed by atoms with Crippen LogP contribution in [0.15, 0.2) is 42.6 Å². The van der Waals surface area contributed by atoms with E-state index in [9.17, 15) is 14.3 Å². The highest BCUT2D eigenvalue weighted by Gasteiger charge is 2.26. The summed E-state index contributed by atoms with van der Waals surface area (Å²) in [7, 11) is 1.82. The highest BCUT2D eigenvalue weighted by atomic mass is 19.1. The molecule has 1 fully saturated rings. The molecule has 8 nitrogen and oxygen atoms in total. The first-order valence-electron chi connectivity index (χ1n) is 10.8. The van der Waals surface area contributed by atoms with Crippen LogP contribution in [0.5, 0.6) is 0 Å². The summed E-state index contributed by atoms with van der Waals surface area (Å²) in [5.74, 6) is 0.231. The van der Waals surface area contributed by atoms with Gasteiger partial charge in [-0.15, -0.1) is 0 Å². The summed E-state index contributed by atoms with van der Waals surface area (Å²) in [6.45, 7) is 4.03. The number of ether oxygens (including phenoxy) is 1. The van der Waals surface area contributed by atoms with Crippen molar-refractivity contribution in [2.75, 3.05) is 5.32 Å². The van der Waals surface area contributed by atoms with E-state index < -0.39 is 18.2 Å². The lowest BCUT2D eigenvalue weighted by molar-refractivity contribution is -0.156. The topological polar surface area (TPSA) is 102 Å². The van der Waals surface area contributed by atoms with E-state index in [-0.39, 0.29) is 18.2 Å². The number of hydrogen-bond donors (Lipinski definition) is 2. The lowest BCUT2D eigenvalue weighted by Crippen LogP contribution is -2.31. The van der Waals surface area contributed by atoms with E-state index in [1.54, 1.807) is 22.9 Å². The first-order valence-corrected chi connectivity index (χ1v) is 10.8. The number of carbonyl (C=O) groups is 1. The van der Waals surface area contributed by atoms with Gasteiger partial charge in [-0.2, -0.15) is 5.10 Å². The van der Waals surface area contributed by atoms with E-state index >= 15 is 0 Å². The van der Waals surface area contributed by atoms with E-state index in [0.717, 1.165) is 11.3 Å². The van der Waals surface area contributed by atoms with Crippen LogP contribution in [0, 0.1) is 5.82 Å². The molecule has 2 atom stereocenters. The number of aliphatic hydroxyl groups is 1. The fourth-order valence-corrected chi connectivity index (χ4v) is 3.70. The Balaban J connectivity index is 1.79. The molecule has 0 aliphatic carbocycles. The molecule has 3 aromatic rings. The predicted molar refractivity (Wildman–Crippen MR) is 122 cm³/mol. The number of halogens is 1. The van der Waals surface area contributed by atoms with Gasteiger partial charge in [0.1, 0.15) is 11.9 Å². The number of benzene rings is 1. The van der Waals surface area contributed by atoms with Gasteiger partial charge in [-0.25, -0.2) is 14.4 Å². The zero-order chi connectivity index (χ0) is 23.5. The molecule has 9 heteroatoms. The Labute approximate surface area is 191 Å². The van der Waals surface area contributed by atoms with Crippen LogP contribution in [-0.4, -0.2) is 43.0 Å². The number of anilines is 2. The van der Waals surface area contributed by atoms with Crippen LogP contribution in [0.25, 0.3) is 17.3 Å². The summed E-state index contributed by atoms with van der Waals surface area (Å²) in [5.41, 5.74) is 2.82. The van der Waals surface area contributed by atoms with Crippen molar-refractivity contribution in [3.63, 3.8) is 0 Å². The highest BCUT2D eigenvalue weighted by molar-refractivity contribution is 5.76. The number of hydrogen-bond acceptors (Lipinski definition) is 7. The number of aliphatic hydroxyl groups excluding tert-OH is 1. The van der Waals surface area contributed by atoms with Gasteiger partial charge in [0.15, 0.2) is 5.82 Å². The Morgan fingerprint density at radius 1 is 1.24 bits per heavy atom. The van der Waals surface area contributed by atoms with Crippen molar-refractivity contribution in [2.24, 2.45) is 7.05 Å². The molecule has 1 aliphatic heterocycles. The Morgan fingerprint density at radius 3 is 2.64 bits per heavy atom. The largest absolute Gasteiger partial charge is 0.458 e. The summed E-state index contributed by atoms with van der Waals surface area (Å²) < 4.78 is 20.6. The fourth-order valence-electron chi connectivity index (χ4n) is 3.70. The van der Waals surface area contributed by atoms with Crippen molar-refractivity contribution in [2.45, 2.75) is 44.8 Å². The number of aryl methyl sites for hydroxylation is 1. The van der Waals surface area contributed by atoms with E-state index in [0.29, 0.717) is 29.4 Å². The molecule has 0 radical (unpaired) electrons. The van der Waals surface area contributed by atoms with Gasteiger partial charge in [0, 0.05) is 36.9 Å². The minimum absolute atomic E-state index is 0.000583. The van der Waals surface area contributed by atoms with Gasteiger partial charge in [-0.3, -0.25) is 9.48 Å². The van der Waals surface area contributed by atoms with Gasteiger partial charge in [-0.05, 0) is 36.3 Å². The molecular weight excluding hydrogens is 425 g/mol. The molecule has 4 rings (SSSR count). The van der Waals surface area contributed by atoms with Gasteiger partial charge in [0.2, 0.25) is 5.95 Å². The monoisotopic (exact) mass is 451 g/mol. The average molecular weight is 452 g/mol. The average Bonchev–Trinajstić information content (AvgIpc) is 3.16. The van der Waals surface area contributed by atoms with Crippen molar-refractivity contribution in [3.8, 4) is 11.3 Å². The molecule has 0 saturated carbocycles. The molecule has 0 unspecified atom stereocenters. The summed E-state index contributed by atoms with van der Waals surface area (Å²) in [6, 6.07) is 7.89. The van der Waals surface area contributed by atoms with E-state index in [2.05, 4.69) is 10.4 Å². The minimum atomic E-state index is -0.733. The zero-order valence-electron chi connectivity index (χ0n) is 18.7. The van der Waals surface area contributed by atoms with E-state index in [1.807, 2.05) is 39.2 Å². The minimum Gasteiger partial charge on any atom is -0.458 e. The number of nitrogens with one attached hydrogen (secondary N) is 1. The number of esters is 1. The molecule has 0 spiro atoms. The molecule has 1 aliphatic rings.